The zero-order valence-electron chi connectivity index (χ0n) is 11.3. The number of rotatable bonds is 5. The van der Waals surface area contributed by atoms with Crippen LogP contribution >= 0.6 is 0 Å². The van der Waals surface area contributed by atoms with E-state index in [1.165, 1.54) is 10.7 Å². The van der Waals surface area contributed by atoms with Gasteiger partial charge in [-0.15, -0.1) is 0 Å². The van der Waals surface area contributed by atoms with Crippen molar-refractivity contribution in [1.82, 2.24) is 9.78 Å². The molecule has 0 atom stereocenters. The highest BCUT2D eigenvalue weighted by molar-refractivity contribution is 5.18. The fraction of sp³-hybridized carbons (Fsp3) is 0.400. The topological polar surface area (TPSA) is 17.8 Å². The lowest BCUT2D eigenvalue weighted by molar-refractivity contribution is -0.141. The highest BCUT2D eigenvalue weighted by Gasteiger charge is 2.34. The summed E-state index contributed by atoms with van der Waals surface area (Å²) in [6.45, 7) is 2.39. The predicted octanol–water partition coefficient (Wildman–Crippen LogP) is 4.29. The van der Waals surface area contributed by atoms with Crippen LogP contribution in [-0.4, -0.2) is 9.78 Å². The van der Waals surface area contributed by atoms with Gasteiger partial charge in [-0.05, 0) is 24.5 Å². The lowest BCUT2D eigenvalue weighted by atomic mass is 10.2. The Labute approximate surface area is 116 Å². The van der Waals surface area contributed by atoms with Crippen molar-refractivity contribution in [3.05, 3.63) is 53.3 Å². The Hall–Kier alpha value is -1.78. The molecule has 0 radical (unpaired) electrons. The number of halogens is 3. The molecule has 0 saturated carbocycles. The van der Waals surface area contributed by atoms with Gasteiger partial charge in [0, 0.05) is 5.69 Å². The van der Waals surface area contributed by atoms with Crippen molar-refractivity contribution in [2.45, 2.75) is 38.9 Å². The van der Waals surface area contributed by atoms with Crippen molar-refractivity contribution in [3.63, 3.8) is 0 Å². The zero-order chi connectivity index (χ0) is 14.6. The minimum absolute atomic E-state index is 0.371. The molecular weight excluding hydrogens is 265 g/mol. The fourth-order valence-electron chi connectivity index (χ4n) is 2.05. The minimum atomic E-state index is -4.39. The largest absolute Gasteiger partial charge is 0.435 e. The van der Waals surface area contributed by atoms with Crippen molar-refractivity contribution < 1.29 is 13.2 Å². The summed E-state index contributed by atoms with van der Waals surface area (Å²) in [6, 6.07) is 10.6. The number of hydrogen-bond acceptors (Lipinski definition) is 1. The van der Waals surface area contributed by atoms with Crippen molar-refractivity contribution in [3.8, 4) is 0 Å². The Morgan fingerprint density at radius 3 is 2.45 bits per heavy atom. The average Bonchev–Trinajstić information content (AvgIpc) is 2.81. The van der Waals surface area contributed by atoms with Crippen molar-refractivity contribution >= 4 is 0 Å². The molecule has 2 aromatic rings. The molecule has 108 valence electrons. The summed E-state index contributed by atoms with van der Waals surface area (Å²) in [5, 5.41) is 3.72. The second kappa shape index (κ2) is 6.11. The number of hydrogen-bond donors (Lipinski definition) is 0. The van der Waals surface area contributed by atoms with E-state index in [2.05, 4.69) is 5.10 Å². The molecule has 2 rings (SSSR count). The third-order valence-electron chi connectivity index (χ3n) is 3.12. The standard InChI is InChI=1S/C15H17F3N2/c1-2-3-9-13-10-14(15(16,17)18)19-20(13)11-12-7-5-4-6-8-12/h4-8,10H,2-3,9,11H2,1H3. The van der Waals surface area contributed by atoms with Crippen molar-refractivity contribution in [2.24, 2.45) is 0 Å². The summed E-state index contributed by atoms with van der Waals surface area (Å²) in [5.74, 6) is 0. The lowest BCUT2D eigenvalue weighted by Crippen LogP contribution is -2.09. The molecule has 1 heterocycles. The van der Waals surface area contributed by atoms with Crippen LogP contribution < -0.4 is 0 Å². The molecule has 0 aliphatic heterocycles. The molecule has 0 spiro atoms. The smallest absolute Gasteiger partial charge is 0.265 e. The van der Waals surface area contributed by atoms with Crippen LogP contribution in [0, 0.1) is 0 Å². The first-order valence-corrected chi connectivity index (χ1v) is 6.68. The van der Waals surface area contributed by atoms with Gasteiger partial charge >= 0.3 is 6.18 Å². The van der Waals surface area contributed by atoms with Crippen LogP contribution in [-0.2, 0) is 19.1 Å². The van der Waals surface area contributed by atoms with E-state index in [0.717, 1.165) is 18.4 Å². The second-order valence-corrected chi connectivity index (χ2v) is 4.77. The summed E-state index contributed by atoms with van der Waals surface area (Å²) in [5.41, 5.74) is 0.782. The average molecular weight is 282 g/mol. The highest BCUT2D eigenvalue weighted by Crippen LogP contribution is 2.29. The Bertz CT molecular complexity index is 544. The number of alkyl halides is 3. The summed E-state index contributed by atoms with van der Waals surface area (Å²) in [4.78, 5) is 0. The second-order valence-electron chi connectivity index (χ2n) is 4.77. The van der Waals surface area contributed by atoms with Gasteiger partial charge in [-0.2, -0.15) is 18.3 Å². The van der Waals surface area contributed by atoms with Gasteiger partial charge in [-0.1, -0.05) is 43.7 Å². The van der Waals surface area contributed by atoms with Gasteiger partial charge in [0.2, 0.25) is 0 Å². The predicted molar refractivity (Wildman–Crippen MR) is 71.4 cm³/mol. The summed E-state index contributed by atoms with van der Waals surface area (Å²) in [6.07, 6.45) is -1.97. The monoisotopic (exact) mass is 282 g/mol. The van der Waals surface area contributed by atoms with Crippen LogP contribution in [0.15, 0.2) is 36.4 Å². The molecule has 5 heteroatoms. The third kappa shape index (κ3) is 3.62. The first kappa shape index (κ1) is 14.6. The van der Waals surface area contributed by atoms with Crippen LogP contribution in [0.25, 0.3) is 0 Å². The van der Waals surface area contributed by atoms with E-state index in [-0.39, 0.29) is 0 Å². The van der Waals surface area contributed by atoms with Crippen LogP contribution in [0.4, 0.5) is 13.2 Å². The van der Waals surface area contributed by atoms with Crippen LogP contribution in [0.5, 0.6) is 0 Å². The molecule has 1 aromatic carbocycles. The molecule has 0 amide bonds. The van der Waals surface area contributed by atoms with E-state index in [1.54, 1.807) is 0 Å². The van der Waals surface area contributed by atoms with Crippen LogP contribution in [0.3, 0.4) is 0 Å². The Kier molecular flexibility index (Phi) is 4.47. The first-order chi connectivity index (χ1) is 9.50. The highest BCUT2D eigenvalue weighted by atomic mass is 19.4. The van der Waals surface area contributed by atoms with E-state index in [4.69, 9.17) is 0 Å². The quantitative estimate of drug-likeness (QED) is 0.799. The number of nitrogens with zero attached hydrogens (tertiary/aromatic N) is 2. The molecule has 0 aliphatic rings. The molecule has 1 aromatic heterocycles. The van der Waals surface area contributed by atoms with Gasteiger partial charge in [0.15, 0.2) is 5.69 Å². The van der Waals surface area contributed by atoms with E-state index in [0.29, 0.717) is 18.7 Å². The molecule has 0 N–H and O–H groups in total. The fourth-order valence-corrected chi connectivity index (χ4v) is 2.05. The van der Waals surface area contributed by atoms with E-state index in [9.17, 15) is 13.2 Å². The van der Waals surface area contributed by atoms with Crippen molar-refractivity contribution in [2.75, 3.05) is 0 Å². The Morgan fingerprint density at radius 1 is 1.15 bits per heavy atom. The van der Waals surface area contributed by atoms with Crippen LogP contribution in [0.2, 0.25) is 0 Å². The number of unbranched alkanes of at least 4 members (excludes halogenated alkanes) is 1. The number of benzene rings is 1. The SMILES string of the molecule is CCCCc1cc(C(F)(F)F)nn1Cc1ccccc1. The maximum absolute atomic E-state index is 12.8. The molecule has 0 unspecified atom stereocenters. The van der Waals surface area contributed by atoms with Gasteiger partial charge in [-0.25, -0.2) is 0 Å². The van der Waals surface area contributed by atoms with Gasteiger partial charge in [-0.3, -0.25) is 4.68 Å². The van der Waals surface area contributed by atoms with E-state index in [1.807, 2.05) is 37.3 Å². The van der Waals surface area contributed by atoms with Gasteiger partial charge in [0.05, 0.1) is 6.54 Å². The molecule has 0 fully saturated rings. The molecule has 20 heavy (non-hydrogen) atoms. The van der Waals surface area contributed by atoms with Gasteiger partial charge in [0.1, 0.15) is 0 Å². The first-order valence-electron chi connectivity index (χ1n) is 6.68. The van der Waals surface area contributed by atoms with Crippen molar-refractivity contribution in [1.29, 1.82) is 0 Å². The number of aryl methyl sites for hydroxylation is 1. The molecule has 2 nitrogen and oxygen atoms in total. The Balaban J connectivity index is 2.27. The van der Waals surface area contributed by atoms with Gasteiger partial charge < -0.3 is 0 Å². The van der Waals surface area contributed by atoms with Crippen LogP contribution in [0.1, 0.15) is 36.7 Å². The molecule has 0 bridgehead atoms. The molecule has 0 saturated heterocycles. The maximum atomic E-state index is 12.8. The lowest BCUT2D eigenvalue weighted by Gasteiger charge is -2.07. The summed E-state index contributed by atoms with van der Waals surface area (Å²) < 4.78 is 39.8. The third-order valence-corrected chi connectivity index (χ3v) is 3.12. The zero-order valence-corrected chi connectivity index (χ0v) is 11.3. The maximum Gasteiger partial charge on any atom is 0.435 e. The van der Waals surface area contributed by atoms with E-state index >= 15 is 0 Å². The minimum Gasteiger partial charge on any atom is -0.265 e. The molecule has 0 aliphatic carbocycles. The normalized spacial score (nSPS) is 11.8. The molecular formula is C15H17F3N2. The summed E-state index contributed by atoms with van der Waals surface area (Å²) in [7, 11) is 0. The van der Waals surface area contributed by atoms with E-state index < -0.39 is 11.9 Å². The Morgan fingerprint density at radius 2 is 1.85 bits per heavy atom. The number of aromatic nitrogens is 2. The van der Waals surface area contributed by atoms with Gasteiger partial charge in [0.25, 0.3) is 0 Å². The summed E-state index contributed by atoms with van der Waals surface area (Å²) >= 11 is 0.